The lowest BCUT2D eigenvalue weighted by Gasteiger charge is -1.99. The van der Waals surface area contributed by atoms with Crippen LogP contribution in [0.3, 0.4) is 0 Å². The van der Waals surface area contributed by atoms with Crippen LogP contribution in [0.5, 0.6) is 0 Å². The molecule has 2 rings (SSSR count). The molecule has 0 atom stereocenters. The van der Waals surface area contributed by atoms with Crippen LogP contribution in [0.2, 0.25) is 0 Å². The lowest BCUT2D eigenvalue weighted by molar-refractivity contribution is 0.560. The van der Waals surface area contributed by atoms with Crippen molar-refractivity contribution in [1.82, 2.24) is 19.7 Å². The molecule has 2 heterocycles. The molecule has 0 fully saturated rings. The standard InChI is InChI=1S/C8H10N4O3S/c1-5-6(15-4-9-5)7-10-11-8(12(7)2)16(3,13)14/h4H,1-3H3. The second-order valence-electron chi connectivity index (χ2n) is 3.40. The van der Waals surface area contributed by atoms with E-state index in [1.165, 1.54) is 11.0 Å². The zero-order valence-corrected chi connectivity index (χ0v) is 9.82. The summed E-state index contributed by atoms with van der Waals surface area (Å²) in [6.07, 6.45) is 2.35. The molecule has 0 N–H and O–H groups in total. The third kappa shape index (κ3) is 1.60. The number of hydrogen-bond acceptors (Lipinski definition) is 6. The molecular formula is C8H10N4O3S. The smallest absolute Gasteiger partial charge is 0.249 e. The van der Waals surface area contributed by atoms with Crippen molar-refractivity contribution in [1.29, 1.82) is 0 Å². The molecule has 8 heteroatoms. The zero-order chi connectivity index (χ0) is 11.9. The fraction of sp³-hybridized carbons (Fsp3) is 0.375. The van der Waals surface area contributed by atoms with Crippen molar-refractivity contribution in [2.75, 3.05) is 6.26 Å². The summed E-state index contributed by atoms with van der Waals surface area (Å²) in [6.45, 7) is 1.74. The van der Waals surface area contributed by atoms with Gasteiger partial charge in [0, 0.05) is 13.3 Å². The fourth-order valence-corrected chi connectivity index (χ4v) is 2.13. The Morgan fingerprint density at radius 3 is 2.50 bits per heavy atom. The molecule has 0 radical (unpaired) electrons. The maximum absolute atomic E-state index is 11.4. The Kier molecular flexibility index (Phi) is 2.30. The maximum atomic E-state index is 11.4. The Hall–Kier alpha value is -1.70. The molecule has 0 saturated carbocycles. The molecule has 0 aliphatic heterocycles. The van der Waals surface area contributed by atoms with Crippen LogP contribution in [0.25, 0.3) is 11.6 Å². The predicted octanol–water partition coefficient (Wildman–Crippen LogP) is 0.182. The first-order valence-corrected chi connectivity index (χ1v) is 6.30. The highest BCUT2D eigenvalue weighted by Gasteiger charge is 2.21. The molecule has 86 valence electrons. The lowest BCUT2D eigenvalue weighted by atomic mass is 10.3. The minimum absolute atomic E-state index is 0.0988. The first kappa shape index (κ1) is 10.8. The second-order valence-corrected chi connectivity index (χ2v) is 5.31. The summed E-state index contributed by atoms with van der Waals surface area (Å²) in [5.74, 6) is 0.764. The van der Waals surface area contributed by atoms with Crippen LogP contribution in [0.1, 0.15) is 5.69 Å². The normalized spacial score (nSPS) is 11.9. The molecule has 0 bridgehead atoms. The van der Waals surface area contributed by atoms with Crippen molar-refractivity contribution in [3.8, 4) is 11.6 Å². The van der Waals surface area contributed by atoms with E-state index in [0.717, 1.165) is 6.26 Å². The van der Waals surface area contributed by atoms with Crippen LogP contribution in [-0.2, 0) is 16.9 Å². The summed E-state index contributed by atoms with van der Waals surface area (Å²) >= 11 is 0. The molecule has 0 spiro atoms. The minimum Gasteiger partial charge on any atom is -0.440 e. The predicted molar refractivity (Wildman–Crippen MR) is 54.3 cm³/mol. The molecule has 0 amide bonds. The van der Waals surface area contributed by atoms with E-state index in [4.69, 9.17) is 4.42 Å². The third-order valence-electron chi connectivity index (χ3n) is 2.12. The van der Waals surface area contributed by atoms with Gasteiger partial charge in [-0.3, -0.25) is 4.57 Å². The van der Waals surface area contributed by atoms with Crippen LogP contribution < -0.4 is 0 Å². The number of hydrogen-bond donors (Lipinski definition) is 0. The van der Waals surface area contributed by atoms with Crippen molar-refractivity contribution in [2.45, 2.75) is 12.1 Å². The molecule has 0 aliphatic carbocycles. The molecule has 0 unspecified atom stereocenters. The van der Waals surface area contributed by atoms with Gasteiger partial charge in [-0.25, -0.2) is 13.4 Å². The van der Waals surface area contributed by atoms with E-state index in [9.17, 15) is 8.42 Å². The van der Waals surface area contributed by atoms with Crippen molar-refractivity contribution in [3.63, 3.8) is 0 Å². The largest absolute Gasteiger partial charge is 0.440 e. The van der Waals surface area contributed by atoms with Crippen LogP contribution in [0.15, 0.2) is 16.0 Å². The number of oxazole rings is 1. The number of sulfone groups is 1. The van der Waals surface area contributed by atoms with Crippen molar-refractivity contribution >= 4 is 9.84 Å². The Bertz CT molecular complexity index is 626. The van der Waals surface area contributed by atoms with E-state index >= 15 is 0 Å². The van der Waals surface area contributed by atoms with Crippen molar-refractivity contribution in [2.24, 2.45) is 7.05 Å². The van der Waals surface area contributed by atoms with Gasteiger partial charge in [0.2, 0.25) is 20.8 Å². The molecule has 2 aromatic rings. The van der Waals surface area contributed by atoms with Gasteiger partial charge in [-0.05, 0) is 6.92 Å². The van der Waals surface area contributed by atoms with E-state index in [-0.39, 0.29) is 5.16 Å². The summed E-state index contributed by atoms with van der Waals surface area (Å²) in [5.41, 5.74) is 0.635. The highest BCUT2D eigenvalue weighted by molar-refractivity contribution is 7.90. The van der Waals surface area contributed by atoms with Crippen LogP contribution in [0.4, 0.5) is 0 Å². The molecule has 16 heavy (non-hydrogen) atoms. The minimum atomic E-state index is -3.39. The van der Waals surface area contributed by atoms with Crippen molar-refractivity contribution in [3.05, 3.63) is 12.1 Å². The topological polar surface area (TPSA) is 90.9 Å². The first-order valence-electron chi connectivity index (χ1n) is 4.41. The summed E-state index contributed by atoms with van der Waals surface area (Å²) in [7, 11) is -1.83. The van der Waals surface area contributed by atoms with Gasteiger partial charge in [0.25, 0.3) is 0 Å². The number of nitrogens with zero attached hydrogens (tertiary/aromatic N) is 4. The average molecular weight is 242 g/mol. The van der Waals surface area contributed by atoms with Crippen molar-refractivity contribution < 1.29 is 12.8 Å². The zero-order valence-electron chi connectivity index (χ0n) is 9.00. The molecule has 0 saturated heterocycles. The van der Waals surface area contributed by atoms with Gasteiger partial charge in [-0.15, -0.1) is 10.2 Å². The van der Waals surface area contributed by atoms with E-state index in [1.807, 2.05) is 0 Å². The van der Waals surface area contributed by atoms with E-state index in [1.54, 1.807) is 14.0 Å². The van der Waals surface area contributed by atoms with Gasteiger partial charge in [0.1, 0.15) is 0 Å². The highest BCUT2D eigenvalue weighted by Crippen LogP contribution is 2.21. The lowest BCUT2D eigenvalue weighted by Crippen LogP contribution is -2.06. The summed E-state index contributed by atoms with van der Waals surface area (Å²) in [4.78, 5) is 3.91. The van der Waals surface area contributed by atoms with Gasteiger partial charge in [0.15, 0.2) is 12.2 Å². The number of aromatic nitrogens is 4. The van der Waals surface area contributed by atoms with Gasteiger partial charge in [0.05, 0.1) is 5.69 Å². The Morgan fingerprint density at radius 1 is 1.38 bits per heavy atom. The molecular weight excluding hydrogens is 232 g/mol. The van der Waals surface area contributed by atoms with E-state index in [0.29, 0.717) is 17.3 Å². The molecule has 7 nitrogen and oxygen atoms in total. The molecule has 0 aromatic carbocycles. The highest BCUT2D eigenvalue weighted by atomic mass is 32.2. The Balaban J connectivity index is 2.63. The number of aryl methyl sites for hydroxylation is 1. The van der Waals surface area contributed by atoms with Crippen LogP contribution in [-0.4, -0.2) is 34.4 Å². The first-order chi connectivity index (χ1) is 7.41. The quantitative estimate of drug-likeness (QED) is 0.746. The van der Waals surface area contributed by atoms with E-state index < -0.39 is 9.84 Å². The third-order valence-corrected chi connectivity index (χ3v) is 3.13. The van der Waals surface area contributed by atoms with Gasteiger partial charge in [-0.1, -0.05) is 0 Å². The second kappa shape index (κ2) is 3.41. The summed E-state index contributed by atoms with van der Waals surface area (Å²) < 4.78 is 29.2. The molecule has 2 aromatic heterocycles. The molecule has 0 aliphatic rings. The number of rotatable bonds is 2. The van der Waals surface area contributed by atoms with Gasteiger partial charge in [-0.2, -0.15) is 0 Å². The van der Waals surface area contributed by atoms with E-state index in [2.05, 4.69) is 15.2 Å². The Morgan fingerprint density at radius 2 is 2.06 bits per heavy atom. The SMILES string of the molecule is Cc1ncoc1-c1nnc(S(C)(=O)=O)n1C. The summed E-state index contributed by atoms with van der Waals surface area (Å²) in [5, 5.41) is 7.31. The Labute approximate surface area is 92.0 Å². The van der Waals surface area contributed by atoms with Crippen LogP contribution in [0, 0.1) is 6.92 Å². The summed E-state index contributed by atoms with van der Waals surface area (Å²) in [6, 6.07) is 0. The average Bonchev–Trinajstić information content (AvgIpc) is 2.70. The monoisotopic (exact) mass is 242 g/mol. The maximum Gasteiger partial charge on any atom is 0.249 e. The fourth-order valence-electron chi connectivity index (χ4n) is 1.35. The van der Waals surface area contributed by atoms with Gasteiger partial charge >= 0.3 is 0 Å². The van der Waals surface area contributed by atoms with Gasteiger partial charge < -0.3 is 4.42 Å². The van der Waals surface area contributed by atoms with Crippen LogP contribution >= 0.6 is 0 Å².